The zero-order valence-corrected chi connectivity index (χ0v) is 8.83. The van der Waals surface area contributed by atoms with E-state index in [2.05, 4.69) is 9.71 Å². The van der Waals surface area contributed by atoms with Crippen molar-refractivity contribution in [2.75, 3.05) is 6.54 Å². The fourth-order valence-corrected chi connectivity index (χ4v) is 2.05. The van der Waals surface area contributed by atoms with Crippen LogP contribution in [0.25, 0.3) is 0 Å². The summed E-state index contributed by atoms with van der Waals surface area (Å²) in [6.07, 6.45) is 1.17. The van der Waals surface area contributed by atoms with E-state index in [-0.39, 0.29) is 6.54 Å². The highest BCUT2D eigenvalue weighted by Crippen LogP contribution is 2.11. The molecule has 0 amide bonds. The molecule has 0 aliphatic heterocycles. The van der Waals surface area contributed by atoms with Gasteiger partial charge in [-0.15, -0.1) is 0 Å². The molecule has 0 aliphatic carbocycles. The molecule has 0 spiro atoms. The summed E-state index contributed by atoms with van der Waals surface area (Å²) in [5.74, 6) is -0.921. The number of nitrogens with zero attached hydrogens (tertiary/aromatic N) is 1. The molecule has 0 aliphatic rings. The Kier molecular flexibility index (Phi) is 3.72. The van der Waals surface area contributed by atoms with Crippen LogP contribution >= 0.6 is 0 Å². The van der Waals surface area contributed by atoms with Crippen molar-refractivity contribution in [1.29, 1.82) is 0 Å². The van der Waals surface area contributed by atoms with Gasteiger partial charge in [0.05, 0.1) is 12.3 Å². The van der Waals surface area contributed by atoms with Gasteiger partial charge in [0.1, 0.15) is 4.90 Å². The molecule has 0 saturated heterocycles. The monoisotopic (exact) mass is 234 g/mol. The second kappa shape index (κ2) is 4.65. The summed E-state index contributed by atoms with van der Waals surface area (Å²) in [7, 11) is -3.91. The van der Waals surface area contributed by atoms with Crippen molar-refractivity contribution < 1.29 is 17.9 Å². The minimum atomic E-state index is -3.91. The van der Waals surface area contributed by atoms with Crippen molar-refractivity contribution in [3.05, 3.63) is 24.3 Å². The van der Waals surface area contributed by atoms with E-state index in [1.165, 1.54) is 13.1 Å². The summed E-state index contributed by atoms with van der Waals surface area (Å²) in [5, 5.41) is 8.90. The molecule has 1 atom stereocenters. The Morgan fingerprint density at radius 1 is 1.67 bits per heavy atom. The number of rotatable bonds is 4. The third-order valence-electron chi connectivity index (χ3n) is 1.59. The predicted molar refractivity (Wildman–Crippen MR) is 51.1 cm³/mol. The second-order valence-electron chi connectivity index (χ2n) is 3.01. The summed E-state index contributed by atoms with van der Waals surface area (Å²) < 4.78 is 38.1. The van der Waals surface area contributed by atoms with Crippen molar-refractivity contribution in [2.24, 2.45) is 0 Å². The highest BCUT2D eigenvalue weighted by Gasteiger charge is 2.18. The molecule has 84 valence electrons. The molecular formula is C8H11FN2O3S. The number of pyridine rings is 1. The number of aliphatic hydroxyl groups is 1. The van der Waals surface area contributed by atoms with Gasteiger partial charge < -0.3 is 5.11 Å². The molecule has 0 radical (unpaired) electrons. The largest absolute Gasteiger partial charge is 0.392 e. The van der Waals surface area contributed by atoms with Crippen LogP contribution in [0.4, 0.5) is 4.39 Å². The first-order valence-electron chi connectivity index (χ1n) is 4.20. The van der Waals surface area contributed by atoms with Crippen LogP contribution in [0.5, 0.6) is 0 Å². The van der Waals surface area contributed by atoms with E-state index in [0.29, 0.717) is 0 Å². The van der Waals surface area contributed by atoms with Crippen molar-refractivity contribution in [3.63, 3.8) is 0 Å². The van der Waals surface area contributed by atoms with E-state index in [4.69, 9.17) is 5.11 Å². The van der Waals surface area contributed by atoms with Crippen LogP contribution in [0.1, 0.15) is 6.92 Å². The third kappa shape index (κ3) is 3.22. The zero-order valence-electron chi connectivity index (χ0n) is 8.01. The number of aliphatic hydroxyl groups excluding tert-OH is 1. The maximum atomic E-state index is 13.1. The molecule has 1 heterocycles. The Hall–Kier alpha value is -1.05. The minimum Gasteiger partial charge on any atom is -0.392 e. The van der Waals surface area contributed by atoms with Crippen molar-refractivity contribution in [1.82, 2.24) is 9.71 Å². The number of hydrogen-bond acceptors (Lipinski definition) is 4. The van der Waals surface area contributed by atoms with Gasteiger partial charge in [0, 0.05) is 12.7 Å². The number of aromatic nitrogens is 1. The minimum absolute atomic E-state index is 0.163. The van der Waals surface area contributed by atoms with Crippen LogP contribution in [-0.4, -0.2) is 31.2 Å². The normalized spacial score (nSPS) is 13.8. The van der Waals surface area contributed by atoms with Gasteiger partial charge in [-0.1, -0.05) is 0 Å². The molecule has 7 heteroatoms. The first kappa shape index (κ1) is 12.0. The number of sulfonamides is 1. The van der Waals surface area contributed by atoms with E-state index < -0.39 is 26.8 Å². The Morgan fingerprint density at radius 3 is 2.87 bits per heavy atom. The van der Waals surface area contributed by atoms with Crippen molar-refractivity contribution in [2.45, 2.75) is 17.9 Å². The SMILES string of the molecule is CC(O)CNS(=O)(=O)c1ccncc1F. The molecule has 1 aromatic heterocycles. The van der Waals surface area contributed by atoms with Gasteiger partial charge in [-0.05, 0) is 13.0 Å². The van der Waals surface area contributed by atoms with E-state index >= 15 is 0 Å². The molecule has 0 aromatic carbocycles. The fourth-order valence-electron chi connectivity index (χ4n) is 0.888. The van der Waals surface area contributed by atoms with Gasteiger partial charge in [-0.3, -0.25) is 4.98 Å². The van der Waals surface area contributed by atoms with Crippen LogP contribution in [-0.2, 0) is 10.0 Å². The Balaban J connectivity index is 2.92. The van der Waals surface area contributed by atoms with Gasteiger partial charge in [0.25, 0.3) is 0 Å². The first-order valence-corrected chi connectivity index (χ1v) is 5.69. The average molecular weight is 234 g/mol. The Morgan fingerprint density at radius 2 is 2.33 bits per heavy atom. The lowest BCUT2D eigenvalue weighted by molar-refractivity contribution is 0.198. The summed E-state index contributed by atoms with van der Waals surface area (Å²) in [5.41, 5.74) is 0. The topological polar surface area (TPSA) is 79.3 Å². The van der Waals surface area contributed by atoms with Gasteiger partial charge >= 0.3 is 0 Å². The predicted octanol–water partition coefficient (Wildman–Crippen LogP) is -0.120. The Labute approximate surface area is 87.0 Å². The van der Waals surface area contributed by atoms with E-state index in [9.17, 15) is 12.8 Å². The lowest BCUT2D eigenvalue weighted by Crippen LogP contribution is -2.31. The molecular weight excluding hydrogens is 223 g/mol. The first-order chi connectivity index (χ1) is 6.93. The molecule has 2 N–H and O–H groups in total. The van der Waals surface area contributed by atoms with Gasteiger partial charge in [-0.25, -0.2) is 17.5 Å². The molecule has 0 fully saturated rings. The average Bonchev–Trinajstić information content (AvgIpc) is 2.15. The van der Waals surface area contributed by atoms with Gasteiger partial charge in [0.15, 0.2) is 5.82 Å². The van der Waals surface area contributed by atoms with Crippen molar-refractivity contribution in [3.8, 4) is 0 Å². The second-order valence-corrected chi connectivity index (χ2v) is 4.74. The maximum absolute atomic E-state index is 13.1. The summed E-state index contributed by atoms with van der Waals surface area (Å²) >= 11 is 0. The van der Waals surface area contributed by atoms with Crippen molar-refractivity contribution >= 4 is 10.0 Å². The van der Waals surface area contributed by atoms with Crippen LogP contribution in [0, 0.1) is 5.82 Å². The Bertz CT molecular complexity index is 433. The van der Waals surface area contributed by atoms with E-state index in [1.54, 1.807) is 0 Å². The molecule has 1 rings (SSSR count). The zero-order chi connectivity index (χ0) is 11.5. The molecule has 1 aromatic rings. The third-order valence-corrected chi connectivity index (χ3v) is 3.05. The van der Waals surface area contributed by atoms with E-state index in [1.807, 2.05) is 0 Å². The quantitative estimate of drug-likeness (QED) is 0.761. The highest BCUT2D eigenvalue weighted by atomic mass is 32.2. The summed E-state index contributed by atoms with van der Waals surface area (Å²) in [4.78, 5) is 2.96. The molecule has 0 bridgehead atoms. The number of halogens is 1. The lowest BCUT2D eigenvalue weighted by atomic mass is 10.4. The van der Waals surface area contributed by atoms with Crippen LogP contribution in [0.2, 0.25) is 0 Å². The molecule has 15 heavy (non-hydrogen) atoms. The standard InChI is InChI=1S/C8H11FN2O3S/c1-6(12)4-11-15(13,14)8-2-3-10-5-7(8)9/h2-3,5-6,11-12H,4H2,1H3. The van der Waals surface area contributed by atoms with E-state index in [0.717, 1.165) is 12.3 Å². The molecule has 1 unspecified atom stereocenters. The summed E-state index contributed by atoms with van der Waals surface area (Å²) in [6.45, 7) is 1.26. The van der Waals surface area contributed by atoms with Crippen LogP contribution in [0.3, 0.4) is 0 Å². The number of nitrogens with one attached hydrogen (secondary N) is 1. The highest BCUT2D eigenvalue weighted by molar-refractivity contribution is 7.89. The number of hydrogen-bond donors (Lipinski definition) is 2. The smallest absolute Gasteiger partial charge is 0.243 e. The lowest BCUT2D eigenvalue weighted by Gasteiger charge is -2.08. The summed E-state index contributed by atoms with van der Waals surface area (Å²) in [6, 6.07) is 1.06. The van der Waals surface area contributed by atoms with Gasteiger partial charge in [-0.2, -0.15) is 0 Å². The maximum Gasteiger partial charge on any atom is 0.243 e. The fraction of sp³-hybridized carbons (Fsp3) is 0.375. The van der Waals surface area contributed by atoms with Crippen LogP contribution in [0.15, 0.2) is 23.4 Å². The molecule has 5 nitrogen and oxygen atoms in total. The molecule has 0 saturated carbocycles. The van der Waals surface area contributed by atoms with Crippen LogP contribution < -0.4 is 4.72 Å². The van der Waals surface area contributed by atoms with Gasteiger partial charge in [0.2, 0.25) is 10.0 Å².